The Balaban J connectivity index is 2.85. The van der Waals surface area contributed by atoms with Crippen molar-refractivity contribution >= 4 is 39.3 Å². The molecule has 1 aromatic carbocycles. The van der Waals surface area contributed by atoms with E-state index in [9.17, 15) is 4.79 Å². The molecule has 3 nitrogen and oxygen atoms in total. The summed E-state index contributed by atoms with van der Waals surface area (Å²) >= 11 is 2.23. The van der Waals surface area contributed by atoms with E-state index in [1.165, 1.54) is 0 Å². The Bertz CT molecular complexity index is 516. The highest BCUT2D eigenvalue weighted by Crippen LogP contribution is 2.20. The van der Waals surface area contributed by atoms with E-state index in [4.69, 9.17) is 0 Å². The standard InChI is InChI=1S/C10H9IN2O/c1-6(14)10-8-5-7(11)3-4-9(8)13(2)12-10/h3-5H,1-2H3. The fourth-order valence-corrected chi connectivity index (χ4v) is 1.99. The van der Waals surface area contributed by atoms with Crippen LogP contribution >= 0.6 is 22.6 Å². The molecule has 14 heavy (non-hydrogen) atoms. The first-order valence-corrected chi connectivity index (χ1v) is 5.30. The van der Waals surface area contributed by atoms with Crippen LogP contribution < -0.4 is 0 Å². The van der Waals surface area contributed by atoms with Crippen LogP contribution in [0.5, 0.6) is 0 Å². The highest BCUT2D eigenvalue weighted by Gasteiger charge is 2.11. The zero-order chi connectivity index (χ0) is 10.3. The zero-order valence-electron chi connectivity index (χ0n) is 7.91. The number of nitrogens with zero attached hydrogens (tertiary/aromatic N) is 2. The van der Waals surface area contributed by atoms with Crippen LogP contribution in [-0.4, -0.2) is 15.6 Å². The van der Waals surface area contributed by atoms with Crippen molar-refractivity contribution in [2.24, 2.45) is 7.05 Å². The summed E-state index contributed by atoms with van der Waals surface area (Å²) in [6.07, 6.45) is 0. The second-order valence-corrected chi connectivity index (χ2v) is 4.44. The first kappa shape index (κ1) is 9.64. The predicted octanol–water partition coefficient (Wildman–Crippen LogP) is 2.38. The maximum absolute atomic E-state index is 11.3. The van der Waals surface area contributed by atoms with Crippen LogP contribution in [0.2, 0.25) is 0 Å². The minimum atomic E-state index is 0.0117. The third kappa shape index (κ3) is 1.43. The molecule has 0 aliphatic heterocycles. The fourth-order valence-electron chi connectivity index (χ4n) is 1.50. The minimum Gasteiger partial charge on any atom is -0.293 e. The molecule has 0 aliphatic carbocycles. The number of ketones is 1. The van der Waals surface area contributed by atoms with E-state index < -0.39 is 0 Å². The smallest absolute Gasteiger partial charge is 0.180 e. The number of hydrogen-bond donors (Lipinski definition) is 0. The van der Waals surface area contributed by atoms with E-state index in [-0.39, 0.29) is 5.78 Å². The van der Waals surface area contributed by atoms with Crippen LogP contribution in [0.15, 0.2) is 18.2 Å². The lowest BCUT2D eigenvalue weighted by Crippen LogP contribution is -1.95. The van der Waals surface area contributed by atoms with Crippen LogP contribution in [-0.2, 0) is 7.05 Å². The van der Waals surface area contributed by atoms with E-state index in [0.29, 0.717) is 5.69 Å². The van der Waals surface area contributed by atoms with Crippen LogP contribution in [0.25, 0.3) is 10.9 Å². The molecule has 0 spiro atoms. The Labute approximate surface area is 95.2 Å². The van der Waals surface area contributed by atoms with Crippen molar-refractivity contribution in [3.63, 3.8) is 0 Å². The van der Waals surface area contributed by atoms with Gasteiger partial charge < -0.3 is 0 Å². The maximum Gasteiger partial charge on any atom is 0.180 e. The summed E-state index contributed by atoms with van der Waals surface area (Å²) in [5.41, 5.74) is 1.55. The number of halogens is 1. The average Bonchev–Trinajstić information content (AvgIpc) is 2.43. The molecular formula is C10H9IN2O. The molecule has 0 saturated heterocycles. The molecule has 1 aromatic heterocycles. The largest absolute Gasteiger partial charge is 0.293 e. The van der Waals surface area contributed by atoms with Gasteiger partial charge in [0.25, 0.3) is 0 Å². The summed E-state index contributed by atoms with van der Waals surface area (Å²) in [7, 11) is 1.85. The Morgan fingerprint density at radius 3 is 2.86 bits per heavy atom. The second kappa shape index (κ2) is 3.34. The lowest BCUT2D eigenvalue weighted by atomic mass is 10.2. The lowest BCUT2D eigenvalue weighted by Gasteiger charge is -1.93. The van der Waals surface area contributed by atoms with E-state index in [1.807, 2.05) is 25.2 Å². The molecular weight excluding hydrogens is 291 g/mol. The molecule has 4 heteroatoms. The molecule has 0 aliphatic rings. The van der Waals surface area contributed by atoms with E-state index in [2.05, 4.69) is 27.7 Å². The van der Waals surface area contributed by atoms with Gasteiger partial charge in [0.05, 0.1) is 5.52 Å². The summed E-state index contributed by atoms with van der Waals surface area (Å²) in [6, 6.07) is 5.98. The molecule has 0 N–H and O–H groups in total. The normalized spacial score (nSPS) is 10.8. The molecule has 0 atom stereocenters. The van der Waals surface area contributed by atoms with E-state index in [1.54, 1.807) is 11.6 Å². The Morgan fingerprint density at radius 2 is 2.21 bits per heavy atom. The summed E-state index contributed by atoms with van der Waals surface area (Å²) in [6.45, 7) is 1.54. The Kier molecular flexibility index (Phi) is 2.30. The monoisotopic (exact) mass is 300 g/mol. The molecule has 0 amide bonds. The van der Waals surface area contributed by atoms with Crippen molar-refractivity contribution in [3.05, 3.63) is 27.5 Å². The van der Waals surface area contributed by atoms with Gasteiger partial charge in [-0.05, 0) is 40.8 Å². The number of aryl methyl sites for hydroxylation is 1. The van der Waals surface area contributed by atoms with Crippen molar-refractivity contribution in [1.29, 1.82) is 0 Å². The van der Waals surface area contributed by atoms with Crippen molar-refractivity contribution in [2.75, 3.05) is 0 Å². The minimum absolute atomic E-state index is 0.0117. The van der Waals surface area contributed by atoms with Crippen LogP contribution in [0.3, 0.4) is 0 Å². The number of benzene rings is 1. The predicted molar refractivity (Wildman–Crippen MR) is 63.4 cm³/mol. The van der Waals surface area contributed by atoms with Crippen molar-refractivity contribution < 1.29 is 4.79 Å². The maximum atomic E-state index is 11.3. The molecule has 2 rings (SSSR count). The van der Waals surface area contributed by atoms with Gasteiger partial charge in [0, 0.05) is 22.9 Å². The quantitative estimate of drug-likeness (QED) is 0.599. The van der Waals surface area contributed by atoms with Gasteiger partial charge in [-0.1, -0.05) is 0 Å². The number of rotatable bonds is 1. The summed E-state index contributed by atoms with van der Waals surface area (Å²) in [5.74, 6) is 0.0117. The number of fused-ring (bicyclic) bond motifs is 1. The van der Waals surface area contributed by atoms with Crippen molar-refractivity contribution in [3.8, 4) is 0 Å². The topological polar surface area (TPSA) is 34.9 Å². The van der Waals surface area contributed by atoms with Gasteiger partial charge in [-0.2, -0.15) is 5.10 Å². The zero-order valence-corrected chi connectivity index (χ0v) is 10.1. The second-order valence-electron chi connectivity index (χ2n) is 3.19. The lowest BCUT2D eigenvalue weighted by molar-refractivity contribution is 0.101. The van der Waals surface area contributed by atoms with Gasteiger partial charge >= 0.3 is 0 Å². The van der Waals surface area contributed by atoms with Crippen LogP contribution in [0.1, 0.15) is 17.4 Å². The fraction of sp³-hybridized carbons (Fsp3) is 0.200. The average molecular weight is 300 g/mol. The first-order valence-electron chi connectivity index (χ1n) is 4.23. The van der Waals surface area contributed by atoms with Crippen LogP contribution in [0.4, 0.5) is 0 Å². The molecule has 0 bridgehead atoms. The molecule has 0 radical (unpaired) electrons. The highest BCUT2D eigenvalue weighted by atomic mass is 127. The van der Waals surface area contributed by atoms with Gasteiger partial charge in [-0.15, -0.1) is 0 Å². The summed E-state index contributed by atoms with van der Waals surface area (Å²) in [5, 5.41) is 5.13. The number of carbonyl (C=O) groups is 1. The van der Waals surface area contributed by atoms with E-state index in [0.717, 1.165) is 14.5 Å². The SMILES string of the molecule is CC(=O)c1nn(C)c2ccc(I)cc12. The molecule has 0 saturated carbocycles. The Morgan fingerprint density at radius 1 is 1.50 bits per heavy atom. The van der Waals surface area contributed by atoms with Crippen LogP contribution in [0, 0.1) is 3.57 Å². The van der Waals surface area contributed by atoms with Gasteiger partial charge in [0.2, 0.25) is 0 Å². The number of hydrogen-bond acceptors (Lipinski definition) is 2. The third-order valence-corrected chi connectivity index (χ3v) is 2.82. The van der Waals surface area contributed by atoms with Gasteiger partial charge in [0.1, 0.15) is 5.69 Å². The highest BCUT2D eigenvalue weighted by molar-refractivity contribution is 14.1. The number of aromatic nitrogens is 2. The number of Topliss-reactive ketones (excluding diaryl/α,β-unsaturated/α-hetero) is 1. The summed E-state index contributed by atoms with van der Waals surface area (Å²) in [4.78, 5) is 11.3. The molecule has 0 fully saturated rings. The van der Waals surface area contributed by atoms with Gasteiger partial charge in [-0.3, -0.25) is 9.48 Å². The molecule has 0 unspecified atom stereocenters. The van der Waals surface area contributed by atoms with Gasteiger partial charge in [0.15, 0.2) is 5.78 Å². The van der Waals surface area contributed by atoms with Gasteiger partial charge in [-0.25, -0.2) is 0 Å². The molecule has 72 valence electrons. The number of carbonyl (C=O) groups excluding carboxylic acids is 1. The summed E-state index contributed by atoms with van der Waals surface area (Å²) < 4.78 is 2.85. The van der Waals surface area contributed by atoms with E-state index >= 15 is 0 Å². The van der Waals surface area contributed by atoms with Crippen molar-refractivity contribution in [1.82, 2.24) is 9.78 Å². The molecule has 2 aromatic rings. The first-order chi connectivity index (χ1) is 6.59. The van der Waals surface area contributed by atoms with Crippen molar-refractivity contribution in [2.45, 2.75) is 6.92 Å². The Hall–Kier alpha value is -0.910. The molecule has 1 heterocycles. The third-order valence-electron chi connectivity index (χ3n) is 2.15.